The molecule has 0 atom stereocenters. The monoisotopic (exact) mass is 504 g/mol. The van der Waals surface area contributed by atoms with Crippen molar-refractivity contribution >= 4 is 21.9 Å². The fourth-order valence-electron chi connectivity index (χ4n) is 5.03. The summed E-state index contributed by atoms with van der Waals surface area (Å²) >= 11 is 0. The second-order valence-electron chi connectivity index (χ2n) is 9.23. The molecule has 6 rings (SSSR count). The van der Waals surface area contributed by atoms with Crippen molar-refractivity contribution in [3.05, 3.63) is 68.9 Å². The van der Waals surface area contributed by atoms with Crippen LogP contribution in [0, 0.1) is 0 Å². The van der Waals surface area contributed by atoms with Gasteiger partial charge in [-0.15, -0.1) is 0 Å². The van der Waals surface area contributed by atoms with Gasteiger partial charge < -0.3 is 23.0 Å². The van der Waals surface area contributed by atoms with E-state index >= 15 is 0 Å². The maximum Gasteiger partial charge on any atom is 0.344 e. The van der Waals surface area contributed by atoms with Crippen molar-refractivity contribution in [2.24, 2.45) is 0 Å². The van der Waals surface area contributed by atoms with Crippen molar-refractivity contribution < 1.29 is 23.0 Å². The van der Waals surface area contributed by atoms with E-state index in [9.17, 15) is 9.59 Å². The summed E-state index contributed by atoms with van der Waals surface area (Å²) in [6.45, 7) is 8.44. The van der Waals surface area contributed by atoms with Gasteiger partial charge in [0.05, 0.1) is 30.9 Å². The van der Waals surface area contributed by atoms with Crippen LogP contribution in [-0.2, 0) is 11.3 Å². The summed E-state index contributed by atoms with van der Waals surface area (Å²) in [5.41, 5.74) is 1.28. The average Bonchev–Trinajstić information content (AvgIpc) is 2.92. The maximum absolute atomic E-state index is 13.1. The van der Waals surface area contributed by atoms with E-state index in [1.165, 1.54) is 6.07 Å². The summed E-state index contributed by atoms with van der Waals surface area (Å²) in [6, 6.07) is 12.2. The second kappa shape index (κ2) is 10.0. The first kappa shape index (κ1) is 23.7. The Hall–Kier alpha value is -3.66. The minimum absolute atomic E-state index is 0.292. The number of benzene rings is 2. The minimum Gasteiger partial charge on any atom is -0.490 e. The molecule has 1 saturated heterocycles. The predicted octanol–water partition coefficient (Wildman–Crippen LogP) is 3.45. The fourth-order valence-corrected chi connectivity index (χ4v) is 5.03. The number of ether oxygens (including phenoxy) is 3. The Kier molecular flexibility index (Phi) is 6.42. The molecule has 1 fully saturated rings. The van der Waals surface area contributed by atoms with Gasteiger partial charge in [-0.05, 0) is 31.2 Å². The number of morpholine rings is 1. The van der Waals surface area contributed by atoms with Crippen molar-refractivity contribution in [2.45, 2.75) is 13.5 Å². The lowest BCUT2D eigenvalue weighted by Crippen LogP contribution is -2.43. The Bertz CT molecular complexity index is 1570. The molecule has 37 heavy (non-hydrogen) atoms. The van der Waals surface area contributed by atoms with E-state index in [0.717, 1.165) is 45.0 Å². The first-order chi connectivity index (χ1) is 18.1. The van der Waals surface area contributed by atoms with Crippen molar-refractivity contribution in [1.29, 1.82) is 0 Å². The molecule has 0 amide bonds. The van der Waals surface area contributed by atoms with Gasteiger partial charge in [-0.3, -0.25) is 9.80 Å². The quantitative estimate of drug-likeness (QED) is 0.366. The molecular formula is C28H28N2O7. The van der Waals surface area contributed by atoms with E-state index < -0.39 is 11.3 Å². The predicted molar refractivity (Wildman–Crippen MR) is 138 cm³/mol. The Morgan fingerprint density at radius 1 is 0.919 bits per heavy atom. The van der Waals surface area contributed by atoms with Gasteiger partial charge in [0.1, 0.15) is 18.1 Å². The van der Waals surface area contributed by atoms with Gasteiger partial charge in [-0.1, -0.05) is 12.1 Å². The van der Waals surface area contributed by atoms with Gasteiger partial charge in [-0.25, -0.2) is 9.59 Å². The van der Waals surface area contributed by atoms with Gasteiger partial charge in [-0.2, -0.15) is 0 Å². The van der Waals surface area contributed by atoms with Gasteiger partial charge in [0.25, 0.3) is 0 Å². The third kappa shape index (κ3) is 4.61. The number of para-hydroxylation sites is 1. The van der Waals surface area contributed by atoms with Gasteiger partial charge >= 0.3 is 11.3 Å². The van der Waals surface area contributed by atoms with Crippen LogP contribution in [-0.4, -0.2) is 62.5 Å². The standard InChI is InChI=1S/C28H28N2O7/c1-2-34-24-5-3-4-18-14-21(28(32)37-26(18)24)20-15-25(31)36-27-19(20)6-7-23-22(27)16-30(17-35-23)9-8-29-10-12-33-13-11-29/h3-7,14-15H,2,8-13,16-17H2,1H3. The van der Waals surface area contributed by atoms with Crippen LogP contribution in [0.3, 0.4) is 0 Å². The zero-order valence-electron chi connectivity index (χ0n) is 20.7. The van der Waals surface area contributed by atoms with Crippen molar-refractivity contribution in [3.63, 3.8) is 0 Å². The molecule has 2 aromatic carbocycles. The number of hydrogen-bond acceptors (Lipinski definition) is 9. The SMILES string of the molecule is CCOc1cccc2cc(-c3cc(=O)oc4c5c(ccc34)OCN(CCN3CCOCC3)C5)c(=O)oc12. The first-order valence-corrected chi connectivity index (χ1v) is 12.6. The zero-order valence-corrected chi connectivity index (χ0v) is 20.7. The normalized spacial score (nSPS) is 16.6. The summed E-state index contributed by atoms with van der Waals surface area (Å²) in [4.78, 5) is 30.4. The number of hydrogen-bond donors (Lipinski definition) is 0. The Labute approximate surface area is 212 Å². The molecule has 0 radical (unpaired) electrons. The highest BCUT2D eigenvalue weighted by Crippen LogP contribution is 2.36. The molecule has 0 spiro atoms. The Morgan fingerprint density at radius 3 is 2.59 bits per heavy atom. The van der Waals surface area contributed by atoms with Crippen LogP contribution in [0.4, 0.5) is 0 Å². The van der Waals surface area contributed by atoms with E-state index in [2.05, 4.69) is 9.80 Å². The van der Waals surface area contributed by atoms with Crippen molar-refractivity contribution in [3.8, 4) is 22.6 Å². The molecule has 4 aromatic rings. The smallest absolute Gasteiger partial charge is 0.344 e. The summed E-state index contributed by atoms with van der Waals surface area (Å²) in [5.74, 6) is 1.19. The van der Waals surface area contributed by atoms with Crippen LogP contribution in [0.15, 0.2) is 60.9 Å². The van der Waals surface area contributed by atoms with Crippen LogP contribution in [0.25, 0.3) is 33.1 Å². The van der Waals surface area contributed by atoms with E-state index in [4.69, 9.17) is 23.0 Å². The lowest BCUT2D eigenvalue weighted by molar-refractivity contribution is 0.0241. The molecule has 2 aliphatic rings. The number of rotatable bonds is 6. The van der Waals surface area contributed by atoms with Gasteiger partial charge in [0.15, 0.2) is 11.3 Å². The fraction of sp³-hybridized carbons (Fsp3) is 0.357. The second-order valence-corrected chi connectivity index (χ2v) is 9.23. The molecule has 9 nitrogen and oxygen atoms in total. The molecule has 0 aliphatic carbocycles. The van der Waals surface area contributed by atoms with Gasteiger partial charge in [0.2, 0.25) is 0 Å². The summed E-state index contributed by atoms with van der Waals surface area (Å²) in [6.07, 6.45) is 0. The lowest BCUT2D eigenvalue weighted by Gasteiger charge is -2.32. The summed E-state index contributed by atoms with van der Waals surface area (Å²) in [7, 11) is 0. The Balaban J connectivity index is 1.39. The summed E-state index contributed by atoms with van der Waals surface area (Å²) < 4.78 is 28.4. The maximum atomic E-state index is 13.1. The van der Waals surface area contributed by atoms with E-state index in [0.29, 0.717) is 64.4 Å². The molecule has 4 heterocycles. The zero-order chi connectivity index (χ0) is 25.4. The topological polar surface area (TPSA) is 94.6 Å². The average molecular weight is 505 g/mol. The third-order valence-corrected chi connectivity index (χ3v) is 6.91. The summed E-state index contributed by atoms with van der Waals surface area (Å²) in [5, 5.41) is 1.36. The van der Waals surface area contributed by atoms with Crippen LogP contribution < -0.4 is 20.7 Å². The highest BCUT2D eigenvalue weighted by Gasteiger charge is 2.24. The van der Waals surface area contributed by atoms with Crippen molar-refractivity contribution in [2.75, 3.05) is 52.7 Å². The first-order valence-electron chi connectivity index (χ1n) is 12.6. The van der Waals surface area contributed by atoms with E-state index in [-0.39, 0.29) is 0 Å². The molecule has 0 unspecified atom stereocenters. The minimum atomic E-state index is -0.548. The third-order valence-electron chi connectivity index (χ3n) is 6.91. The lowest BCUT2D eigenvalue weighted by atomic mass is 9.99. The highest BCUT2D eigenvalue weighted by molar-refractivity contribution is 5.97. The molecule has 0 saturated carbocycles. The van der Waals surface area contributed by atoms with Crippen LogP contribution in [0.1, 0.15) is 12.5 Å². The molecular weight excluding hydrogens is 476 g/mol. The molecule has 9 heteroatoms. The molecule has 192 valence electrons. The van der Waals surface area contributed by atoms with Crippen molar-refractivity contribution in [1.82, 2.24) is 9.80 Å². The highest BCUT2D eigenvalue weighted by atomic mass is 16.5. The van der Waals surface area contributed by atoms with Crippen LogP contribution in [0.5, 0.6) is 11.5 Å². The Morgan fingerprint density at radius 2 is 1.76 bits per heavy atom. The van der Waals surface area contributed by atoms with Crippen LogP contribution >= 0.6 is 0 Å². The van der Waals surface area contributed by atoms with Crippen LogP contribution in [0.2, 0.25) is 0 Å². The molecule has 0 bridgehead atoms. The molecule has 2 aromatic heterocycles. The molecule has 2 aliphatic heterocycles. The number of nitrogens with zero attached hydrogens (tertiary/aromatic N) is 2. The largest absolute Gasteiger partial charge is 0.490 e. The van der Waals surface area contributed by atoms with E-state index in [1.54, 1.807) is 12.1 Å². The molecule has 0 N–H and O–H groups in total. The van der Waals surface area contributed by atoms with E-state index in [1.807, 2.05) is 31.2 Å². The van der Waals surface area contributed by atoms with Gasteiger partial charge in [0, 0.05) is 55.1 Å². The number of fused-ring (bicyclic) bond motifs is 4.